The Kier molecular flexibility index (Phi) is 3.71. The zero-order valence-electron chi connectivity index (χ0n) is 8.30. The van der Waals surface area contributed by atoms with Crippen molar-refractivity contribution in [3.63, 3.8) is 0 Å². The second-order valence-electron chi connectivity index (χ2n) is 3.33. The third kappa shape index (κ3) is 3.03. The highest BCUT2D eigenvalue weighted by Gasteiger charge is 2.02. The molecular formula is C10H17N3. The summed E-state index contributed by atoms with van der Waals surface area (Å²) in [6.45, 7) is 8.76. The van der Waals surface area contributed by atoms with Crippen LogP contribution in [0.3, 0.4) is 0 Å². The van der Waals surface area contributed by atoms with E-state index in [1.54, 1.807) is 0 Å². The smallest absolute Gasteiger partial charge is 0.0535 e. The van der Waals surface area contributed by atoms with Crippen molar-refractivity contribution in [1.29, 1.82) is 0 Å². The lowest BCUT2D eigenvalue weighted by molar-refractivity contribution is 0.553. The Labute approximate surface area is 79.2 Å². The molecule has 2 N–H and O–H groups in total. The minimum Gasteiger partial charge on any atom is -0.310 e. The molecule has 0 saturated heterocycles. The molecule has 1 atom stereocenters. The monoisotopic (exact) mass is 179 g/mol. The van der Waals surface area contributed by atoms with E-state index in [1.807, 2.05) is 19.2 Å². The van der Waals surface area contributed by atoms with Crippen molar-refractivity contribution < 1.29 is 0 Å². The van der Waals surface area contributed by atoms with Crippen LogP contribution in [0.25, 0.3) is 0 Å². The summed E-state index contributed by atoms with van der Waals surface area (Å²) >= 11 is 0. The summed E-state index contributed by atoms with van der Waals surface area (Å²) < 4.78 is 0. The maximum atomic E-state index is 3.96. The summed E-state index contributed by atoms with van der Waals surface area (Å²) in [5, 5.41) is 10.3. The van der Waals surface area contributed by atoms with E-state index in [2.05, 4.69) is 29.0 Å². The van der Waals surface area contributed by atoms with Crippen LogP contribution in [0.1, 0.15) is 24.6 Å². The number of rotatable bonds is 5. The highest BCUT2D eigenvalue weighted by Crippen LogP contribution is 2.02. The molecule has 1 aromatic rings. The van der Waals surface area contributed by atoms with Gasteiger partial charge in [0.2, 0.25) is 0 Å². The van der Waals surface area contributed by atoms with Crippen LogP contribution in [0.2, 0.25) is 0 Å². The zero-order chi connectivity index (χ0) is 9.68. The third-order valence-electron chi connectivity index (χ3n) is 2.10. The van der Waals surface area contributed by atoms with E-state index in [9.17, 15) is 0 Å². The van der Waals surface area contributed by atoms with Gasteiger partial charge in [0.15, 0.2) is 0 Å². The average molecular weight is 179 g/mol. The second-order valence-corrected chi connectivity index (χ2v) is 3.33. The van der Waals surface area contributed by atoms with Crippen LogP contribution in [-0.4, -0.2) is 16.2 Å². The predicted octanol–water partition coefficient (Wildman–Crippen LogP) is 1.77. The molecule has 0 saturated carbocycles. The highest BCUT2D eigenvalue weighted by atomic mass is 15.1. The molecule has 13 heavy (non-hydrogen) atoms. The molecule has 1 heterocycles. The van der Waals surface area contributed by atoms with Gasteiger partial charge in [-0.05, 0) is 20.3 Å². The minimum absolute atomic E-state index is 0.479. The number of nitrogens with zero attached hydrogens (tertiary/aromatic N) is 1. The molecule has 0 aromatic carbocycles. The summed E-state index contributed by atoms with van der Waals surface area (Å²) in [5.74, 6) is 0. The molecule has 0 aliphatic rings. The number of aryl methyl sites for hydroxylation is 1. The number of hydrogen-bond acceptors (Lipinski definition) is 2. The molecule has 0 fully saturated rings. The van der Waals surface area contributed by atoms with Crippen LogP contribution >= 0.6 is 0 Å². The first-order chi connectivity index (χ1) is 6.24. The lowest BCUT2D eigenvalue weighted by Gasteiger charge is -2.10. The number of hydrogen-bond donors (Lipinski definition) is 2. The van der Waals surface area contributed by atoms with Crippen LogP contribution in [-0.2, 0) is 6.54 Å². The molecule has 72 valence electrons. The highest BCUT2D eigenvalue weighted by molar-refractivity contribution is 5.13. The minimum atomic E-state index is 0.479. The van der Waals surface area contributed by atoms with Gasteiger partial charge in [0, 0.05) is 23.8 Å². The van der Waals surface area contributed by atoms with Gasteiger partial charge in [-0.1, -0.05) is 6.08 Å². The fraction of sp³-hybridized carbons (Fsp3) is 0.500. The standard InChI is InChI=1S/C10H17N3/c1-4-5-8(2)11-6-10-7-12-13-9(10)3/h4,7-8,11H,1,5-6H2,2-3H3,(H,12,13). The van der Waals surface area contributed by atoms with Crippen LogP contribution < -0.4 is 5.32 Å². The van der Waals surface area contributed by atoms with E-state index in [0.29, 0.717) is 6.04 Å². The Morgan fingerprint density at radius 2 is 2.54 bits per heavy atom. The van der Waals surface area contributed by atoms with Crippen LogP contribution in [0.15, 0.2) is 18.9 Å². The third-order valence-corrected chi connectivity index (χ3v) is 2.10. The summed E-state index contributed by atoms with van der Waals surface area (Å²) in [6.07, 6.45) is 4.79. The number of aromatic nitrogens is 2. The van der Waals surface area contributed by atoms with E-state index < -0.39 is 0 Å². The lowest BCUT2D eigenvalue weighted by atomic mass is 10.2. The Balaban J connectivity index is 2.34. The molecule has 1 rings (SSSR count). The second kappa shape index (κ2) is 4.82. The molecule has 0 radical (unpaired) electrons. The summed E-state index contributed by atoms with van der Waals surface area (Å²) in [5.41, 5.74) is 2.37. The Hall–Kier alpha value is -1.09. The molecule has 0 aliphatic heterocycles. The SMILES string of the molecule is C=CCC(C)NCc1cn[nH]c1C. The Morgan fingerprint density at radius 3 is 3.08 bits per heavy atom. The first-order valence-corrected chi connectivity index (χ1v) is 4.57. The molecule has 0 aliphatic carbocycles. The van der Waals surface area contributed by atoms with Gasteiger partial charge in [-0.3, -0.25) is 5.10 Å². The quantitative estimate of drug-likeness (QED) is 0.676. The fourth-order valence-electron chi connectivity index (χ4n) is 1.17. The first-order valence-electron chi connectivity index (χ1n) is 4.57. The van der Waals surface area contributed by atoms with Crippen LogP contribution in [0.5, 0.6) is 0 Å². The zero-order valence-corrected chi connectivity index (χ0v) is 8.30. The Bertz CT molecular complexity index is 265. The van der Waals surface area contributed by atoms with Crippen molar-refractivity contribution in [3.05, 3.63) is 30.1 Å². The molecule has 3 heteroatoms. The van der Waals surface area contributed by atoms with E-state index in [1.165, 1.54) is 5.56 Å². The number of H-pyrrole nitrogens is 1. The topological polar surface area (TPSA) is 40.7 Å². The van der Waals surface area contributed by atoms with Gasteiger partial charge in [0.1, 0.15) is 0 Å². The average Bonchev–Trinajstić information content (AvgIpc) is 2.48. The van der Waals surface area contributed by atoms with Crippen molar-refractivity contribution in [1.82, 2.24) is 15.5 Å². The summed E-state index contributed by atoms with van der Waals surface area (Å²) in [6, 6.07) is 0.479. The van der Waals surface area contributed by atoms with Gasteiger partial charge in [-0.15, -0.1) is 6.58 Å². The van der Waals surface area contributed by atoms with Crippen molar-refractivity contribution >= 4 is 0 Å². The van der Waals surface area contributed by atoms with Crippen molar-refractivity contribution in [3.8, 4) is 0 Å². The Morgan fingerprint density at radius 1 is 1.77 bits per heavy atom. The number of aromatic amines is 1. The summed E-state index contributed by atoms with van der Waals surface area (Å²) in [4.78, 5) is 0. The molecule has 3 nitrogen and oxygen atoms in total. The van der Waals surface area contributed by atoms with Crippen LogP contribution in [0.4, 0.5) is 0 Å². The fourth-order valence-corrected chi connectivity index (χ4v) is 1.17. The van der Waals surface area contributed by atoms with E-state index in [-0.39, 0.29) is 0 Å². The van der Waals surface area contributed by atoms with E-state index >= 15 is 0 Å². The van der Waals surface area contributed by atoms with Crippen LogP contribution in [0, 0.1) is 6.92 Å². The number of nitrogens with one attached hydrogen (secondary N) is 2. The molecular weight excluding hydrogens is 162 g/mol. The maximum absolute atomic E-state index is 3.96. The molecule has 0 amide bonds. The molecule has 0 spiro atoms. The van der Waals surface area contributed by atoms with E-state index in [4.69, 9.17) is 0 Å². The van der Waals surface area contributed by atoms with E-state index in [0.717, 1.165) is 18.7 Å². The molecule has 1 unspecified atom stereocenters. The molecule has 1 aromatic heterocycles. The van der Waals surface area contributed by atoms with Crippen molar-refractivity contribution in [2.75, 3.05) is 0 Å². The van der Waals surface area contributed by atoms with Gasteiger partial charge in [-0.2, -0.15) is 5.10 Å². The van der Waals surface area contributed by atoms with Crippen molar-refractivity contribution in [2.45, 2.75) is 32.9 Å². The van der Waals surface area contributed by atoms with Gasteiger partial charge < -0.3 is 5.32 Å². The van der Waals surface area contributed by atoms with Crippen molar-refractivity contribution in [2.24, 2.45) is 0 Å². The largest absolute Gasteiger partial charge is 0.310 e. The normalized spacial score (nSPS) is 12.8. The van der Waals surface area contributed by atoms with Gasteiger partial charge in [-0.25, -0.2) is 0 Å². The van der Waals surface area contributed by atoms with Gasteiger partial charge in [0.05, 0.1) is 6.20 Å². The maximum Gasteiger partial charge on any atom is 0.0535 e. The summed E-state index contributed by atoms with van der Waals surface area (Å²) in [7, 11) is 0. The predicted molar refractivity (Wildman–Crippen MR) is 54.4 cm³/mol. The lowest BCUT2D eigenvalue weighted by Crippen LogP contribution is -2.24. The van der Waals surface area contributed by atoms with Gasteiger partial charge >= 0.3 is 0 Å². The first kappa shape index (κ1) is 9.99. The molecule has 0 bridgehead atoms. The van der Waals surface area contributed by atoms with Gasteiger partial charge in [0.25, 0.3) is 0 Å².